The molecule has 0 unspecified atom stereocenters. The molecule has 0 saturated carbocycles. The zero-order valence-corrected chi connectivity index (χ0v) is 14.1. The average molecular weight is 394 g/mol. The molecule has 1 heterocycles. The molecule has 2 N–H and O–H groups in total. The lowest BCUT2D eigenvalue weighted by molar-refractivity contribution is 0.338. The van der Waals surface area contributed by atoms with Crippen molar-refractivity contribution in [3.63, 3.8) is 0 Å². The van der Waals surface area contributed by atoms with Gasteiger partial charge in [-0.25, -0.2) is 0 Å². The fourth-order valence-corrected chi connectivity index (χ4v) is 2.30. The minimum absolute atomic E-state index is 0. The molecule has 0 aromatic heterocycles. The first-order valence-corrected chi connectivity index (χ1v) is 6.93. The quantitative estimate of drug-likeness (QED) is 0.486. The van der Waals surface area contributed by atoms with Crippen molar-refractivity contribution in [1.82, 2.24) is 4.90 Å². The molecule has 1 aliphatic rings. The summed E-state index contributed by atoms with van der Waals surface area (Å²) >= 11 is 5.84. The first kappa shape index (κ1) is 16.6. The first-order chi connectivity index (χ1) is 8.75. The second-order valence-electron chi connectivity index (χ2n) is 4.66. The van der Waals surface area contributed by atoms with E-state index in [1.165, 1.54) is 24.8 Å². The number of nitrogens with two attached hydrogens (primary N) is 1. The van der Waals surface area contributed by atoms with Gasteiger partial charge in [0.15, 0.2) is 5.96 Å². The van der Waals surface area contributed by atoms with Gasteiger partial charge in [0.05, 0.1) is 0 Å². The third kappa shape index (κ3) is 5.57. The Morgan fingerprint density at radius 3 is 2.42 bits per heavy atom. The van der Waals surface area contributed by atoms with Gasteiger partial charge in [0.2, 0.25) is 0 Å². The van der Waals surface area contributed by atoms with Crippen molar-refractivity contribution in [2.75, 3.05) is 19.6 Å². The van der Waals surface area contributed by atoms with Gasteiger partial charge in [0, 0.05) is 24.7 Å². The number of nitrogens with zero attached hydrogens (tertiary/aromatic N) is 2. The van der Waals surface area contributed by atoms with Crippen LogP contribution in [0, 0.1) is 0 Å². The number of hydrogen-bond acceptors (Lipinski definition) is 1. The van der Waals surface area contributed by atoms with Crippen LogP contribution in [0.2, 0.25) is 5.02 Å². The van der Waals surface area contributed by atoms with Crippen molar-refractivity contribution in [2.24, 2.45) is 10.7 Å². The Kier molecular flexibility index (Phi) is 7.53. The highest BCUT2D eigenvalue weighted by Gasteiger charge is 2.11. The lowest BCUT2D eigenvalue weighted by Gasteiger charge is -2.27. The molecule has 5 heteroatoms. The van der Waals surface area contributed by atoms with Crippen molar-refractivity contribution in [2.45, 2.75) is 25.7 Å². The molecule has 3 nitrogen and oxygen atoms in total. The number of rotatable bonds is 3. The van der Waals surface area contributed by atoms with E-state index in [2.05, 4.69) is 9.89 Å². The third-order valence-electron chi connectivity index (χ3n) is 3.27. The van der Waals surface area contributed by atoms with Gasteiger partial charge in [-0.1, -0.05) is 23.7 Å². The Hall–Kier alpha value is -0.490. The van der Waals surface area contributed by atoms with Crippen molar-refractivity contribution in [3.05, 3.63) is 34.9 Å². The molecule has 1 aromatic rings. The molecular weight excluding hydrogens is 373 g/mol. The van der Waals surface area contributed by atoms with Crippen LogP contribution in [0.5, 0.6) is 0 Å². The molecule has 19 heavy (non-hydrogen) atoms. The molecule has 1 saturated heterocycles. The van der Waals surface area contributed by atoms with Crippen LogP contribution >= 0.6 is 35.6 Å². The van der Waals surface area contributed by atoms with Gasteiger partial charge < -0.3 is 10.6 Å². The molecule has 0 aliphatic carbocycles. The van der Waals surface area contributed by atoms with Gasteiger partial charge in [-0.05, 0) is 43.4 Å². The fraction of sp³-hybridized carbons (Fsp3) is 0.500. The largest absolute Gasteiger partial charge is 0.370 e. The second kappa shape index (κ2) is 8.64. The maximum atomic E-state index is 5.99. The SMILES string of the molecule is I.NC(=NCCc1ccc(Cl)cc1)N1CCCCC1. The summed E-state index contributed by atoms with van der Waals surface area (Å²) < 4.78 is 0. The lowest BCUT2D eigenvalue weighted by Crippen LogP contribution is -2.41. The van der Waals surface area contributed by atoms with E-state index in [-0.39, 0.29) is 24.0 Å². The third-order valence-corrected chi connectivity index (χ3v) is 3.52. The Morgan fingerprint density at radius 2 is 1.79 bits per heavy atom. The molecule has 1 fully saturated rings. The van der Waals surface area contributed by atoms with Gasteiger partial charge >= 0.3 is 0 Å². The molecule has 2 rings (SSSR count). The molecule has 0 atom stereocenters. The summed E-state index contributed by atoms with van der Waals surface area (Å²) in [6.07, 6.45) is 4.68. The van der Waals surface area contributed by atoms with Crippen LogP contribution in [-0.2, 0) is 6.42 Å². The highest BCUT2D eigenvalue weighted by Crippen LogP contribution is 2.10. The number of piperidine rings is 1. The number of halogens is 2. The van der Waals surface area contributed by atoms with Gasteiger partial charge in [-0.2, -0.15) is 0 Å². The van der Waals surface area contributed by atoms with Crippen LogP contribution in [0.15, 0.2) is 29.3 Å². The molecule has 0 amide bonds. The van der Waals surface area contributed by atoms with E-state index in [1.54, 1.807) is 0 Å². The van der Waals surface area contributed by atoms with Gasteiger partial charge in [-0.15, -0.1) is 24.0 Å². The summed E-state index contributed by atoms with van der Waals surface area (Å²) in [5.74, 6) is 0.698. The molecule has 0 radical (unpaired) electrons. The van der Waals surface area contributed by atoms with E-state index in [4.69, 9.17) is 17.3 Å². The highest BCUT2D eigenvalue weighted by atomic mass is 127. The van der Waals surface area contributed by atoms with Crippen LogP contribution in [0.3, 0.4) is 0 Å². The van der Waals surface area contributed by atoms with Crippen molar-refractivity contribution < 1.29 is 0 Å². The Balaban J connectivity index is 0.00000180. The maximum Gasteiger partial charge on any atom is 0.191 e. The topological polar surface area (TPSA) is 41.6 Å². The molecule has 0 bridgehead atoms. The Morgan fingerprint density at radius 1 is 1.16 bits per heavy atom. The molecular formula is C14H21ClIN3. The van der Waals surface area contributed by atoms with Gasteiger partial charge in [0.25, 0.3) is 0 Å². The standard InChI is InChI=1S/C14H20ClN3.HI/c15-13-6-4-12(5-7-13)8-9-17-14(16)18-10-2-1-3-11-18;/h4-7H,1-3,8-11H2,(H2,16,17);1H. The minimum Gasteiger partial charge on any atom is -0.370 e. The molecule has 1 aliphatic heterocycles. The number of likely N-dealkylation sites (tertiary alicyclic amines) is 1. The lowest BCUT2D eigenvalue weighted by atomic mass is 10.1. The normalized spacial score (nSPS) is 16.1. The predicted octanol–water partition coefficient (Wildman–Crippen LogP) is 3.30. The minimum atomic E-state index is 0. The van der Waals surface area contributed by atoms with E-state index < -0.39 is 0 Å². The summed E-state index contributed by atoms with van der Waals surface area (Å²) in [4.78, 5) is 6.64. The van der Waals surface area contributed by atoms with Crippen LogP contribution in [0.25, 0.3) is 0 Å². The zero-order valence-electron chi connectivity index (χ0n) is 11.0. The van der Waals surface area contributed by atoms with Crippen molar-refractivity contribution in [3.8, 4) is 0 Å². The Labute approximate surface area is 137 Å². The summed E-state index contributed by atoms with van der Waals surface area (Å²) in [6, 6.07) is 7.90. The molecule has 106 valence electrons. The van der Waals surface area contributed by atoms with Crippen molar-refractivity contribution >= 4 is 41.5 Å². The summed E-state index contributed by atoms with van der Waals surface area (Å²) in [6.45, 7) is 2.84. The Bertz CT molecular complexity index is 400. The molecule has 0 spiro atoms. The summed E-state index contributed by atoms with van der Waals surface area (Å²) in [5.41, 5.74) is 7.24. The van der Waals surface area contributed by atoms with E-state index in [0.29, 0.717) is 5.96 Å². The zero-order chi connectivity index (χ0) is 12.8. The van der Waals surface area contributed by atoms with E-state index in [9.17, 15) is 0 Å². The monoisotopic (exact) mass is 393 g/mol. The predicted molar refractivity (Wildman–Crippen MR) is 92.5 cm³/mol. The number of guanidine groups is 1. The van der Waals surface area contributed by atoms with Crippen LogP contribution < -0.4 is 5.73 Å². The second-order valence-corrected chi connectivity index (χ2v) is 5.10. The maximum absolute atomic E-state index is 5.99. The van der Waals surface area contributed by atoms with Crippen LogP contribution in [0.4, 0.5) is 0 Å². The fourth-order valence-electron chi connectivity index (χ4n) is 2.17. The van der Waals surface area contributed by atoms with E-state index in [1.807, 2.05) is 24.3 Å². The average Bonchev–Trinajstić information content (AvgIpc) is 2.42. The van der Waals surface area contributed by atoms with Crippen LogP contribution in [-0.4, -0.2) is 30.5 Å². The van der Waals surface area contributed by atoms with Crippen molar-refractivity contribution in [1.29, 1.82) is 0 Å². The first-order valence-electron chi connectivity index (χ1n) is 6.55. The highest BCUT2D eigenvalue weighted by molar-refractivity contribution is 14.0. The summed E-state index contributed by atoms with van der Waals surface area (Å²) in [7, 11) is 0. The smallest absolute Gasteiger partial charge is 0.191 e. The summed E-state index contributed by atoms with van der Waals surface area (Å²) in [5, 5.41) is 0.773. The van der Waals surface area contributed by atoms with Gasteiger partial charge in [0.1, 0.15) is 0 Å². The number of hydrogen-bond donors (Lipinski definition) is 1. The van der Waals surface area contributed by atoms with E-state index in [0.717, 1.165) is 31.1 Å². The molecule has 1 aromatic carbocycles. The number of aliphatic imine (C=N–C) groups is 1. The number of benzene rings is 1. The van der Waals surface area contributed by atoms with E-state index >= 15 is 0 Å². The van der Waals surface area contributed by atoms with Crippen LogP contribution in [0.1, 0.15) is 24.8 Å². The van der Waals surface area contributed by atoms with Gasteiger partial charge in [-0.3, -0.25) is 4.99 Å².